The van der Waals surface area contributed by atoms with E-state index in [1.807, 2.05) is 12.1 Å². The van der Waals surface area contributed by atoms with Gasteiger partial charge in [-0.15, -0.1) is 0 Å². The third kappa shape index (κ3) is 8.60. The number of rotatable bonds is 14. The lowest BCUT2D eigenvalue weighted by molar-refractivity contribution is 0.0697. The fraction of sp³-hybridized carbons (Fsp3) is 0.286. The quantitative estimate of drug-likeness (QED) is 0.101. The molecule has 3 aromatic heterocycles. The van der Waals surface area contributed by atoms with Gasteiger partial charge in [0, 0.05) is 44.3 Å². The van der Waals surface area contributed by atoms with E-state index in [1.54, 1.807) is 12.1 Å². The predicted molar refractivity (Wildman–Crippen MR) is 292 cm³/mol. The first-order valence-corrected chi connectivity index (χ1v) is 25.5. The van der Waals surface area contributed by atoms with E-state index in [0.717, 1.165) is 130 Å². The summed E-state index contributed by atoms with van der Waals surface area (Å²) in [6, 6.07) is 30.4. The van der Waals surface area contributed by atoms with Crippen LogP contribution in [0.5, 0.6) is 0 Å². The first-order valence-electron chi connectivity index (χ1n) is 25.5. The van der Waals surface area contributed by atoms with Gasteiger partial charge in [0.1, 0.15) is 0 Å². The van der Waals surface area contributed by atoms with Gasteiger partial charge in [-0.2, -0.15) is 0 Å². The summed E-state index contributed by atoms with van der Waals surface area (Å²) in [5.74, 6) is -0.957. The van der Waals surface area contributed by atoms with Crippen molar-refractivity contribution in [2.45, 2.75) is 120 Å². The van der Waals surface area contributed by atoms with Gasteiger partial charge in [-0.25, -0.2) is 14.8 Å². The normalized spacial score (nSPS) is 12.1. The van der Waals surface area contributed by atoms with Crippen LogP contribution >= 0.6 is 0 Å². The summed E-state index contributed by atoms with van der Waals surface area (Å²) in [5.41, 5.74) is 28.2. The first kappa shape index (κ1) is 47.0. The lowest BCUT2D eigenvalue weighted by atomic mass is 9.88. The molecule has 0 fully saturated rings. The van der Waals surface area contributed by atoms with E-state index in [2.05, 4.69) is 157 Å². The number of fused-ring (bicyclic) bond motifs is 8. The summed E-state index contributed by atoms with van der Waals surface area (Å²) in [6.45, 7) is 20.3. The van der Waals surface area contributed by atoms with Crippen molar-refractivity contribution in [1.29, 1.82) is 0 Å². The van der Waals surface area contributed by atoms with E-state index in [9.17, 15) is 9.90 Å². The number of hydrogen-bond donors (Lipinski definition) is 3. The number of aryl methyl sites for hydroxylation is 9. The van der Waals surface area contributed by atoms with Crippen LogP contribution < -0.4 is 0 Å². The fourth-order valence-corrected chi connectivity index (χ4v) is 10.8. The molecule has 0 amide bonds. The smallest absolute Gasteiger partial charge is 0.335 e. The minimum atomic E-state index is -0.957. The first-order chi connectivity index (χ1) is 33.6. The lowest BCUT2D eigenvalue weighted by Gasteiger charge is -2.18. The molecule has 6 heteroatoms. The van der Waals surface area contributed by atoms with Crippen molar-refractivity contribution in [1.82, 2.24) is 19.9 Å². The van der Waals surface area contributed by atoms with E-state index in [4.69, 9.17) is 9.97 Å². The maximum atomic E-state index is 12.1. The van der Waals surface area contributed by atoms with Crippen LogP contribution in [0.15, 0.2) is 84.9 Å². The van der Waals surface area contributed by atoms with E-state index in [-0.39, 0.29) is 5.56 Å². The molecule has 8 bridgehead atoms. The molecule has 7 aromatic rings. The van der Waals surface area contributed by atoms with Crippen LogP contribution in [0.1, 0.15) is 146 Å². The van der Waals surface area contributed by atoms with Crippen molar-refractivity contribution in [3.63, 3.8) is 0 Å². The molecule has 2 aliphatic rings. The second kappa shape index (κ2) is 19.9. The third-order valence-corrected chi connectivity index (χ3v) is 14.5. The number of H-pyrrole nitrogens is 2. The highest BCUT2D eigenvalue weighted by Gasteiger charge is 2.25. The van der Waals surface area contributed by atoms with Gasteiger partial charge in [0.15, 0.2) is 0 Å². The van der Waals surface area contributed by atoms with Crippen LogP contribution in [-0.4, -0.2) is 31.0 Å². The lowest BCUT2D eigenvalue weighted by Crippen LogP contribution is -2.01. The highest BCUT2D eigenvalue weighted by molar-refractivity contribution is 6.02. The number of aromatic carboxylic acids is 1. The Hall–Kier alpha value is -7.05. The van der Waals surface area contributed by atoms with Gasteiger partial charge in [0.2, 0.25) is 0 Å². The molecule has 3 N–H and O–H groups in total. The Morgan fingerprint density at radius 3 is 0.913 bits per heavy atom. The number of nitrogens with zero attached hydrogens (tertiary/aromatic N) is 2. The Morgan fingerprint density at radius 2 is 0.652 bits per heavy atom. The number of carboxylic acid groups (broad SMARTS) is 1. The summed E-state index contributed by atoms with van der Waals surface area (Å²) < 4.78 is 0. The summed E-state index contributed by atoms with van der Waals surface area (Å²) in [4.78, 5) is 31.6. The molecule has 4 aromatic carbocycles. The van der Waals surface area contributed by atoms with E-state index in [1.165, 1.54) is 66.8 Å². The van der Waals surface area contributed by atoms with Gasteiger partial charge in [0.05, 0.1) is 28.3 Å². The average Bonchev–Trinajstić information content (AvgIpc) is 4.24. The molecule has 5 heterocycles. The van der Waals surface area contributed by atoms with Crippen LogP contribution in [0.25, 0.3) is 90.9 Å². The van der Waals surface area contributed by atoms with Crippen molar-refractivity contribution in [2.75, 3.05) is 0 Å². The molecular formula is C63H66N4O2. The number of carbonyl (C=O) groups is 1. The summed E-state index contributed by atoms with van der Waals surface area (Å²) >= 11 is 0. The number of nitrogens with one attached hydrogen (secondary N) is 2. The predicted octanol–water partition coefficient (Wildman–Crippen LogP) is 16.1. The molecule has 0 unspecified atom stereocenters. The molecule has 0 radical (unpaired) electrons. The maximum Gasteiger partial charge on any atom is 0.335 e. The average molecular weight is 911 g/mol. The molecule has 0 saturated heterocycles. The molecule has 0 spiro atoms. The number of benzene rings is 4. The van der Waals surface area contributed by atoms with Crippen molar-refractivity contribution in [3.05, 3.63) is 163 Å². The highest BCUT2D eigenvalue weighted by Crippen LogP contribution is 2.43. The standard InChI is InChI=1S/C63H66N4O2/c1-10-37-31-40(13-4)56(41(14-5)32-37)60-50-25-23-48(64-50)59(46-19-21-47(22-20-46)63(68)69)49-24-26-51(65-49)61(57-42(15-6)33-38(11-2)34-43(57)16-7)53-28-30-55(67-53)62(54-29-27-52(60)66-54)58-44(17-8)35-39(12-3)36-45(58)18-9/h19-36,64,67H,10-18H2,1-9H3,(H,68,69). The van der Waals surface area contributed by atoms with Crippen molar-refractivity contribution in [2.24, 2.45) is 0 Å². The zero-order valence-corrected chi connectivity index (χ0v) is 42.0. The Morgan fingerprint density at radius 1 is 0.377 bits per heavy atom. The maximum absolute atomic E-state index is 12.1. The molecule has 2 aliphatic heterocycles. The minimum Gasteiger partial charge on any atom is -0.478 e. The van der Waals surface area contributed by atoms with Crippen LogP contribution in [0.3, 0.4) is 0 Å². The number of hydrogen-bond acceptors (Lipinski definition) is 3. The van der Waals surface area contributed by atoms with Gasteiger partial charge in [-0.05, 0) is 191 Å². The minimum absolute atomic E-state index is 0.238. The Bertz CT molecular complexity index is 3240. The monoisotopic (exact) mass is 911 g/mol. The zero-order valence-electron chi connectivity index (χ0n) is 42.0. The van der Waals surface area contributed by atoms with Crippen LogP contribution in [-0.2, 0) is 57.8 Å². The molecule has 9 rings (SSSR count). The molecule has 0 atom stereocenters. The van der Waals surface area contributed by atoms with Gasteiger partial charge < -0.3 is 15.1 Å². The van der Waals surface area contributed by atoms with Crippen molar-refractivity contribution < 1.29 is 9.90 Å². The Labute approximate surface area is 408 Å². The number of aromatic amines is 2. The molecule has 0 aliphatic carbocycles. The second-order valence-corrected chi connectivity index (χ2v) is 18.4. The van der Waals surface area contributed by atoms with E-state index in [0.29, 0.717) is 0 Å². The number of carboxylic acids is 1. The van der Waals surface area contributed by atoms with Crippen molar-refractivity contribution >= 4 is 52.3 Å². The topological polar surface area (TPSA) is 94.7 Å². The van der Waals surface area contributed by atoms with E-state index < -0.39 is 5.97 Å². The van der Waals surface area contributed by atoms with Crippen LogP contribution in [0.2, 0.25) is 0 Å². The second-order valence-electron chi connectivity index (χ2n) is 18.4. The molecule has 0 saturated carbocycles. The Balaban J connectivity index is 1.54. The van der Waals surface area contributed by atoms with Crippen LogP contribution in [0.4, 0.5) is 0 Å². The Kier molecular flexibility index (Phi) is 13.6. The highest BCUT2D eigenvalue weighted by atomic mass is 16.4. The third-order valence-electron chi connectivity index (χ3n) is 14.5. The van der Waals surface area contributed by atoms with Gasteiger partial charge in [-0.1, -0.05) is 111 Å². The van der Waals surface area contributed by atoms with Gasteiger partial charge >= 0.3 is 5.97 Å². The SMILES string of the molecule is CCc1cc(CC)c(-c2c3nc(c(-c4c(CC)cc(CC)cc4CC)c4ccc([nH]4)c(-c4c(CC)cc(CC)cc4CC)c4nc(c(-c5ccc(C(=O)O)cc5)c5ccc2[nH]5)C=C4)C=C3)c(CC)c1. The van der Waals surface area contributed by atoms with Crippen molar-refractivity contribution in [3.8, 4) is 44.5 Å². The molecule has 6 nitrogen and oxygen atoms in total. The van der Waals surface area contributed by atoms with Gasteiger partial charge in [-0.3, -0.25) is 0 Å². The van der Waals surface area contributed by atoms with E-state index >= 15 is 0 Å². The summed E-state index contributed by atoms with van der Waals surface area (Å²) in [5, 5.41) is 9.95. The summed E-state index contributed by atoms with van der Waals surface area (Å²) in [7, 11) is 0. The molecular weight excluding hydrogens is 845 g/mol. The number of aromatic nitrogens is 4. The fourth-order valence-electron chi connectivity index (χ4n) is 10.8. The molecule has 69 heavy (non-hydrogen) atoms. The van der Waals surface area contributed by atoms with Crippen LogP contribution in [0, 0.1) is 0 Å². The van der Waals surface area contributed by atoms with Gasteiger partial charge in [0.25, 0.3) is 0 Å². The largest absolute Gasteiger partial charge is 0.478 e. The summed E-state index contributed by atoms with van der Waals surface area (Å²) in [6.07, 6.45) is 17.0. The molecule has 350 valence electrons. The zero-order chi connectivity index (χ0) is 48.5.